The van der Waals surface area contributed by atoms with Crippen molar-refractivity contribution in [1.82, 2.24) is 5.32 Å². The molecule has 0 fully saturated rings. The van der Waals surface area contributed by atoms with E-state index < -0.39 is 19.3 Å². The summed E-state index contributed by atoms with van der Waals surface area (Å²) in [4.78, 5) is 37.7. The fourth-order valence-electron chi connectivity index (χ4n) is 3.62. The molecule has 11 heteroatoms. The molecule has 0 spiro atoms. The number of hydrogen-bond acceptors (Lipinski definition) is 4. The van der Waals surface area contributed by atoms with Crippen LogP contribution in [0.3, 0.4) is 0 Å². The van der Waals surface area contributed by atoms with Gasteiger partial charge in [0.25, 0.3) is 0 Å². The number of phosphoric acid groups is 1. The van der Waals surface area contributed by atoms with E-state index in [1.807, 2.05) is 0 Å². The molecule has 0 aliphatic rings. The van der Waals surface area contributed by atoms with Gasteiger partial charge in [0.15, 0.2) is 5.96 Å². The maximum absolute atomic E-state index is 12.1. The number of carbonyl (C=O) groups is 1. The third-order valence-electron chi connectivity index (χ3n) is 5.42. The largest absolute Gasteiger partial charge is 0.480 e. The fourth-order valence-corrected chi connectivity index (χ4v) is 3.62. The number of carboxylic acid groups (broad SMARTS) is 1. The molecule has 0 radical (unpaired) electrons. The predicted molar refractivity (Wildman–Crippen MR) is 134 cm³/mol. The number of nitrogens with zero attached hydrogens (tertiary/aromatic N) is 1. The molecule has 9 N–H and O–H groups in total. The number of guanidine groups is 1. The number of nitrogens with two attached hydrogens (primary N) is 2. The minimum atomic E-state index is -4.64. The van der Waals surface area contributed by atoms with Crippen molar-refractivity contribution >= 4 is 19.8 Å². The van der Waals surface area contributed by atoms with Gasteiger partial charge in [0.05, 0.1) is 0 Å². The molecular weight excluding hydrogens is 447 g/mol. The Balaban J connectivity index is 0. The number of rotatable bonds is 20. The van der Waals surface area contributed by atoms with Gasteiger partial charge in [-0.2, -0.15) is 0 Å². The van der Waals surface area contributed by atoms with Crippen molar-refractivity contribution < 1.29 is 29.1 Å². The zero-order chi connectivity index (χ0) is 25.6. The molecule has 0 aromatic rings. The summed E-state index contributed by atoms with van der Waals surface area (Å²) in [5.41, 5.74) is 9.90. The van der Waals surface area contributed by atoms with Crippen LogP contribution < -0.4 is 16.8 Å². The Morgan fingerprint density at radius 1 is 0.818 bits per heavy atom. The summed E-state index contributed by atoms with van der Waals surface area (Å²) in [5.74, 6) is -0.677. The van der Waals surface area contributed by atoms with E-state index in [0.29, 0.717) is 25.8 Å². The van der Waals surface area contributed by atoms with Crippen LogP contribution in [0.25, 0.3) is 0 Å². The van der Waals surface area contributed by atoms with Gasteiger partial charge in [-0.15, -0.1) is 0 Å². The van der Waals surface area contributed by atoms with Gasteiger partial charge in [-0.05, 0) is 32.2 Å². The summed E-state index contributed by atoms with van der Waals surface area (Å²) >= 11 is 0. The molecule has 0 bridgehead atoms. The average Bonchev–Trinajstić information content (AvgIpc) is 2.71. The number of hydrogen-bond donors (Lipinski definition) is 7. The van der Waals surface area contributed by atoms with Crippen LogP contribution in [0.5, 0.6) is 0 Å². The summed E-state index contributed by atoms with van der Waals surface area (Å²) in [7, 11) is -4.64. The van der Waals surface area contributed by atoms with E-state index in [4.69, 9.17) is 30.7 Å². The average molecular weight is 497 g/mol. The highest BCUT2D eigenvalue weighted by molar-refractivity contribution is 7.45. The Bertz CT molecular complexity index is 547. The lowest BCUT2D eigenvalue weighted by Gasteiger charge is -2.31. The first-order chi connectivity index (χ1) is 15.5. The van der Waals surface area contributed by atoms with Crippen LogP contribution >= 0.6 is 7.82 Å². The van der Waals surface area contributed by atoms with Crippen LogP contribution in [0.15, 0.2) is 4.99 Å². The van der Waals surface area contributed by atoms with Gasteiger partial charge >= 0.3 is 13.8 Å². The van der Waals surface area contributed by atoms with Crippen molar-refractivity contribution in [3.63, 3.8) is 0 Å². The molecule has 33 heavy (non-hydrogen) atoms. The van der Waals surface area contributed by atoms with Crippen molar-refractivity contribution in [2.75, 3.05) is 13.1 Å². The maximum atomic E-state index is 12.1. The van der Waals surface area contributed by atoms with Gasteiger partial charge in [-0.25, -0.2) is 4.57 Å². The molecule has 10 nitrogen and oxygen atoms in total. The monoisotopic (exact) mass is 496 g/mol. The van der Waals surface area contributed by atoms with E-state index in [0.717, 1.165) is 38.6 Å². The zero-order valence-corrected chi connectivity index (χ0v) is 21.6. The molecule has 1 atom stereocenters. The predicted octanol–water partition coefficient (Wildman–Crippen LogP) is 3.64. The molecule has 0 aromatic heterocycles. The Kier molecular flexibility index (Phi) is 22.0. The van der Waals surface area contributed by atoms with Gasteiger partial charge in [0, 0.05) is 6.54 Å². The Morgan fingerprint density at radius 2 is 1.24 bits per heavy atom. The van der Waals surface area contributed by atoms with E-state index in [2.05, 4.69) is 24.2 Å². The maximum Gasteiger partial charge on any atom is 0.466 e. The van der Waals surface area contributed by atoms with Crippen LogP contribution in [0.2, 0.25) is 0 Å². The van der Waals surface area contributed by atoms with Crippen molar-refractivity contribution in [3.8, 4) is 0 Å². The second-order valence-electron chi connectivity index (χ2n) is 8.52. The highest BCUT2D eigenvalue weighted by atomic mass is 31.2. The minimum Gasteiger partial charge on any atom is -0.480 e. The molecule has 0 rings (SSSR count). The molecule has 0 aliphatic heterocycles. The van der Waals surface area contributed by atoms with Gasteiger partial charge < -0.3 is 36.6 Å². The van der Waals surface area contributed by atoms with Crippen molar-refractivity contribution in [1.29, 1.82) is 0 Å². The highest BCUT2D eigenvalue weighted by Crippen LogP contribution is 2.26. The van der Waals surface area contributed by atoms with Gasteiger partial charge in [0.2, 0.25) is 0 Å². The summed E-state index contributed by atoms with van der Waals surface area (Å²) in [6.45, 7) is 5.64. The second kappa shape index (κ2) is 21.4. The fraction of sp³-hybridized carbons (Fsp3) is 0.909. The van der Waals surface area contributed by atoms with E-state index in [-0.39, 0.29) is 5.96 Å². The van der Waals surface area contributed by atoms with Crippen LogP contribution in [-0.4, -0.2) is 50.3 Å². The van der Waals surface area contributed by atoms with Crippen LogP contribution in [0.1, 0.15) is 110 Å². The lowest BCUT2D eigenvalue weighted by atomic mass is 9.86. The first-order valence-corrected chi connectivity index (χ1v) is 13.9. The van der Waals surface area contributed by atoms with Crippen molar-refractivity contribution in [2.24, 2.45) is 16.5 Å². The minimum absolute atomic E-state index is 0.0655. The number of nitrogens with one attached hydrogen (secondary N) is 1. The first kappa shape index (κ1) is 34.0. The van der Waals surface area contributed by atoms with Crippen LogP contribution in [-0.2, 0) is 9.36 Å². The molecule has 0 amide bonds. The van der Waals surface area contributed by atoms with Crippen molar-refractivity contribution in [2.45, 2.75) is 116 Å². The van der Waals surface area contributed by atoms with E-state index >= 15 is 0 Å². The Hall–Kier alpha value is -1.19. The third-order valence-corrected chi connectivity index (χ3v) is 5.42. The molecule has 0 heterocycles. The van der Waals surface area contributed by atoms with Crippen LogP contribution in [0.4, 0.5) is 0 Å². The van der Waals surface area contributed by atoms with E-state index in [1.54, 1.807) is 0 Å². The summed E-state index contributed by atoms with van der Waals surface area (Å²) in [6.07, 6.45) is 16.2. The molecule has 0 saturated heterocycles. The van der Waals surface area contributed by atoms with Crippen molar-refractivity contribution in [3.05, 3.63) is 0 Å². The molecule has 0 unspecified atom stereocenters. The number of unbranched alkanes of at least 4 members (excludes halogenated alkanes) is 10. The highest BCUT2D eigenvalue weighted by Gasteiger charge is 2.36. The van der Waals surface area contributed by atoms with E-state index in [1.165, 1.54) is 44.9 Å². The molecule has 0 aromatic carbocycles. The first-order valence-electron chi connectivity index (χ1n) is 12.3. The summed E-state index contributed by atoms with van der Waals surface area (Å²) in [6, 6.07) is 0. The van der Waals surface area contributed by atoms with Gasteiger partial charge in [-0.3, -0.25) is 9.79 Å². The van der Waals surface area contributed by atoms with Gasteiger partial charge in [0.1, 0.15) is 5.54 Å². The summed E-state index contributed by atoms with van der Waals surface area (Å²) in [5, 5.41) is 13.4. The number of aliphatic imine (C=N–C) groups is 1. The van der Waals surface area contributed by atoms with Crippen LogP contribution in [0, 0.1) is 0 Å². The Morgan fingerprint density at radius 3 is 1.70 bits per heavy atom. The zero-order valence-electron chi connectivity index (χ0n) is 20.7. The SMILES string of the molecule is CCCCCCCCCCN[C@@](CCCCCC)(CCCN=C(N)N)C(=O)O.O=P(O)(O)O. The van der Waals surface area contributed by atoms with E-state index in [9.17, 15) is 9.90 Å². The normalized spacial score (nSPS) is 13.0. The Labute approximate surface area is 199 Å². The quantitative estimate of drug-likeness (QED) is 0.0570. The molecule has 0 aliphatic carbocycles. The van der Waals surface area contributed by atoms with Gasteiger partial charge in [-0.1, -0.05) is 84.5 Å². The molecule has 198 valence electrons. The molecule has 0 saturated carbocycles. The number of carboxylic acids is 1. The summed E-state index contributed by atoms with van der Waals surface area (Å²) < 4.78 is 8.88. The lowest BCUT2D eigenvalue weighted by Crippen LogP contribution is -2.52. The molecular formula is C22H49N4O6P. The number of aliphatic carboxylic acids is 1. The topological polar surface area (TPSA) is 191 Å². The second-order valence-corrected chi connectivity index (χ2v) is 9.55. The smallest absolute Gasteiger partial charge is 0.466 e. The lowest BCUT2D eigenvalue weighted by molar-refractivity contribution is -0.145. The third kappa shape index (κ3) is 25.3. The standard InChI is InChI=1S/C22H46N4O2.H3O4P/c1-3-5-7-9-10-11-12-14-19-26-22(20(27)28,16-13-8-6-4-2)17-15-18-25-21(23)24;1-5(2,3)4/h26H,3-19H2,1-2H3,(H,27,28)(H4,23,24,25);(H3,1,2,3,4)/t22-;/m0./s1.